The number of carbonyl (C=O) groups is 2. The second kappa shape index (κ2) is 17.3. The van der Waals surface area contributed by atoms with E-state index in [1.54, 1.807) is 30.3 Å². The molecule has 0 bridgehead atoms. The zero-order chi connectivity index (χ0) is 39.4. The van der Waals surface area contributed by atoms with E-state index in [1.807, 2.05) is 43.3 Å². The summed E-state index contributed by atoms with van der Waals surface area (Å²) >= 11 is 21.2. The number of hydrazine groups is 1. The van der Waals surface area contributed by atoms with Crippen LogP contribution in [0.3, 0.4) is 0 Å². The number of hydrogen-bond acceptors (Lipinski definition) is 6. The third kappa shape index (κ3) is 9.14. The third-order valence-electron chi connectivity index (χ3n) is 10.0. The fraction of sp³-hybridized carbons (Fsp3) is 0.357. The number of benzene rings is 4. The Hall–Kier alpha value is -3.89. The third-order valence-corrected chi connectivity index (χ3v) is 12.1. The van der Waals surface area contributed by atoms with Gasteiger partial charge in [0.15, 0.2) is 6.10 Å². The van der Waals surface area contributed by atoms with Crippen molar-refractivity contribution in [3.63, 3.8) is 0 Å². The summed E-state index contributed by atoms with van der Waals surface area (Å²) in [4.78, 5) is 33.5. The maximum atomic E-state index is 14.0. The molecule has 0 radical (unpaired) electrons. The minimum Gasteiger partial charge on any atom is -0.497 e. The number of aliphatic imine (C=N–C) groups is 1. The molecular formula is C42H47Cl3N4O4S. The van der Waals surface area contributed by atoms with Crippen molar-refractivity contribution in [3.8, 4) is 11.5 Å². The van der Waals surface area contributed by atoms with E-state index in [0.29, 0.717) is 40.2 Å². The number of rotatable bonds is 14. The van der Waals surface area contributed by atoms with Gasteiger partial charge in [-0.3, -0.25) is 15.0 Å². The summed E-state index contributed by atoms with van der Waals surface area (Å²) in [6.07, 6.45) is 1.58. The molecule has 2 amide bonds. The van der Waals surface area contributed by atoms with Gasteiger partial charge in [-0.15, -0.1) is 11.8 Å². The van der Waals surface area contributed by atoms with Gasteiger partial charge in [-0.05, 0) is 72.1 Å². The van der Waals surface area contributed by atoms with Crippen molar-refractivity contribution >= 4 is 81.3 Å². The highest BCUT2D eigenvalue weighted by Gasteiger charge is 2.41. The van der Waals surface area contributed by atoms with E-state index < -0.39 is 11.4 Å². The summed E-state index contributed by atoms with van der Waals surface area (Å²) < 4.78 is 11.8. The molecule has 286 valence electrons. The summed E-state index contributed by atoms with van der Waals surface area (Å²) in [5.74, 6) is 0.807. The average molecular weight is 810 g/mol. The lowest BCUT2D eigenvalue weighted by Gasteiger charge is -2.31. The van der Waals surface area contributed by atoms with Crippen LogP contribution in [0.25, 0.3) is 0 Å². The molecule has 1 heterocycles. The van der Waals surface area contributed by atoms with Gasteiger partial charge in [-0.2, -0.15) is 0 Å². The number of hydrogen-bond donors (Lipinski definition) is 2. The van der Waals surface area contributed by atoms with Crippen LogP contribution in [-0.4, -0.2) is 36.1 Å². The SMILES string of the molecule is CCC(Oc1ccc(C(C)(C)CC)cc1C(C)(C)CC)C(=O)Nc1ccc(Cl)c(N=C2NN(c3c(Cl)cc(OC)cc3Cl)C(=O)C2Sc2ccccc2)c1. The number of ether oxygens (including phenoxy) is 2. The van der Waals surface area contributed by atoms with Gasteiger partial charge in [0.05, 0.1) is 27.9 Å². The predicted octanol–water partition coefficient (Wildman–Crippen LogP) is 11.6. The molecule has 2 unspecified atom stereocenters. The molecule has 4 aromatic rings. The summed E-state index contributed by atoms with van der Waals surface area (Å²) in [6.45, 7) is 15.1. The van der Waals surface area contributed by atoms with E-state index in [0.717, 1.165) is 23.3 Å². The van der Waals surface area contributed by atoms with Crippen LogP contribution in [-0.2, 0) is 20.4 Å². The van der Waals surface area contributed by atoms with E-state index in [2.05, 4.69) is 64.4 Å². The Bertz CT molecular complexity index is 2020. The van der Waals surface area contributed by atoms with E-state index in [1.165, 1.54) is 29.4 Å². The first kappa shape index (κ1) is 41.3. The molecule has 1 fully saturated rings. The van der Waals surface area contributed by atoms with Crippen molar-refractivity contribution in [2.75, 3.05) is 17.4 Å². The Kier molecular flexibility index (Phi) is 13.2. The van der Waals surface area contributed by atoms with Crippen LogP contribution in [0.2, 0.25) is 15.1 Å². The first-order chi connectivity index (χ1) is 25.6. The molecule has 12 heteroatoms. The molecule has 4 aromatic carbocycles. The number of nitrogens with zero attached hydrogens (tertiary/aromatic N) is 2. The van der Waals surface area contributed by atoms with Gasteiger partial charge in [-0.25, -0.2) is 10.0 Å². The van der Waals surface area contributed by atoms with Gasteiger partial charge in [0.25, 0.3) is 11.8 Å². The first-order valence-corrected chi connectivity index (χ1v) is 20.0. The summed E-state index contributed by atoms with van der Waals surface area (Å²) in [5, 5.41) is 4.24. The number of methoxy groups -OCH3 is 1. The largest absolute Gasteiger partial charge is 0.497 e. The number of nitrogens with one attached hydrogen (secondary N) is 2. The highest BCUT2D eigenvalue weighted by molar-refractivity contribution is 8.01. The second-order valence-electron chi connectivity index (χ2n) is 14.4. The van der Waals surface area contributed by atoms with E-state index >= 15 is 0 Å². The van der Waals surface area contributed by atoms with Gasteiger partial charge in [0.2, 0.25) is 0 Å². The second-order valence-corrected chi connectivity index (χ2v) is 16.8. The predicted molar refractivity (Wildman–Crippen MR) is 225 cm³/mol. The van der Waals surface area contributed by atoms with Crippen molar-refractivity contribution in [1.82, 2.24) is 5.43 Å². The van der Waals surface area contributed by atoms with Crippen molar-refractivity contribution in [3.05, 3.63) is 105 Å². The molecule has 1 saturated heterocycles. The lowest BCUT2D eigenvalue weighted by atomic mass is 9.76. The smallest absolute Gasteiger partial charge is 0.267 e. The molecular weight excluding hydrogens is 763 g/mol. The molecule has 0 aromatic heterocycles. The minimum absolute atomic E-state index is 0.00385. The average Bonchev–Trinajstić information content (AvgIpc) is 3.44. The normalized spacial score (nSPS) is 16.0. The van der Waals surface area contributed by atoms with Gasteiger partial charge < -0.3 is 14.8 Å². The molecule has 1 aliphatic heterocycles. The quantitative estimate of drug-likeness (QED) is 0.132. The molecule has 0 saturated carbocycles. The molecule has 0 aliphatic carbocycles. The fourth-order valence-electron chi connectivity index (χ4n) is 5.81. The van der Waals surface area contributed by atoms with Crippen LogP contribution < -0.4 is 25.2 Å². The molecule has 8 nitrogen and oxygen atoms in total. The first-order valence-electron chi connectivity index (χ1n) is 18.0. The number of anilines is 2. The number of halogens is 3. The Labute approximate surface area is 337 Å². The van der Waals surface area contributed by atoms with Crippen LogP contribution in [0.1, 0.15) is 78.9 Å². The molecule has 54 heavy (non-hydrogen) atoms. The maximum Gasteiger partial charge on any atom is 0.267 e. The van der Waals surface area contributed by atoms with Gasteiger partial charge in [0.1, 0.15) is 28.3 Å². The Balaban J connectivity index is 1.44. The lowest BCUT2D eigenvalue weighted by molar-refractivity contribution is -0.123. The molecule has 0 spiro atoms. The van der Waals surface area contributed by atoms with Crippen LogP contribution in [0.4, 0.5) is 17.1 Å². The Morgan fingerprint density at radius 1 is 0.907 bits per heavy atom. The summed E-state index contributed by atoms with van der Waals surface area (Å²) in [6, 6.07) is 24.0. The van der Waals surface area contributed by atoms with Crippen LogP contribution >= 0.6 is 46.6 Å². The fourth-order valence-corrected chi connectivity index (χ4v) is 7.61. The van der Waals surface area contributed by atoms with E-state index in [4.69, 9.17) is 49.3 Å². The van der Waals surface area contributed by atoms with E-state index in [-0.39, 0.29) is 38.4 Å². The standard InChI is InChI=1S/C42H47Cl3N4O4S/c1-9-34(53-35-20-17-25(41(4,5)10-2)21-29(35)42(6,7)11-3)39(50)46-26-18-19-30(43)33(22-26)47-38-37(54-28-15-13-12-14-16-28)40(51)49(48-38)36-31(44)23-27(52-8)24-32(36)45/h12-24,34,37H,9-11H2,1-8H3,(H,46,50)(H,47,48). The van der Waals surface area contributed by atoms with E-state index in [9.17, 15) is 9.59 Å². The number of amidine groups is 1. The molecule has 5 rings (SSSR count). The van der Waals surface area contributed by atoms with Crippen molar-refractivity contribution in [2.45, 2.75) is 94.8 Å². The highest BCUT2D eigenvalue weighted by atomic mass is 35.5. The van der Waals surface area contributed by atoms with Crippen molar-refractivity contribution in [1.29, 1.82) is 0 Å². The van der Waals surface area contributed by atoms with Gasteiger partial charge >= 0.3 is 0 Å². The Morgan fingerprint density at radius 2 is 1.57 bits per heavy atom. The van der Waals surface area contributed by atoms with Crippen molar-refractivity contribution < 1.29 is 19.1 Å². The number of thioether (sulfide) groups is 1. The molecule has 1 aliphatic rings. The van der Waals surface area contributed by atoms with Crippen LogP contribution in [0.5, 0.6) is 11.5 Å². The summed E-state index contributed by atoms with van der Waals surface area (Å²) in [7, 11) is 1.50. The lowest BCUT2D eigenvalue weighted by Crippen LogP contribution is -2.36. The van der Waals surface area contributed by atoms with Crippen molar-refractivity contribution in [2.24, 2.45) is 4.99 Å². The van der Waals surface area contributed by atoms with Crippen LogP contribution in [0, 0.1) is 0 Å². The van der Waals surface area contributed by atoms with Crippen LogP contribution in [0.15, 0.2) is 88.8 Å². The molecule has 2 atom stereocenters. The highest BCUT2D eigenvalue weighted by Crippen LogP contribution is 2.42. The van der Waals surface area contributed by atoms with Gasteiger partial charge in [-0.1, -0.05) is 114 Å². The monoisotopic (exact) mass is 808 g/mol. The zero-order valence-electron chi connectivity index (χ0n) is 31.9. The maximum absolute atomic E-state index is 14.0. The number of carbonyl (C=O) groups excluding carboxylic acids is 2. The minimum atomic E-state index is -0.801. The van der Waals surface area contributed by atoms with Gasteiger partial charge in [0, 0.05) is 28.3 Å². The number of amides is 2. The molecule has 2 N–H and O–H groups in total. The Morgan fingerprint density at radius 3 is 2.19 bits per heavy atom. The zero-order valence-corrected chi connectivity index (χ0v) is 34.9. The summed E-state index contributed by atoms with van der Waals surface area (Å²) in [5.41, 5.74) is 6.34. The topological polar surface area (TPSA) is 92.3 Å².